The summed E-state index contributed by atoms with van der Waals surface area (Å²) in [6, 6.07) is 7.60. The maximum atomic E-state index is 11.6. The molecule has 0 radical (unpaired) electrons. The van der Waals surface area contributed by atoms with Gasteiger partial charge in [-0.2, -0.15) is 0 Å². The number of rotatable bonds is 8. The Balaban J connectivity index is 2.57. The molecule has 122 valence electrons. The lowest BCUT2D eigenvalue weighted by atomic mass is 9.85. The Kier molecular flexibility index (Phi) is 7.32. The van der Waals surface area contributed by atoms with Crippen LogP contribution in [0.5, 0.6) is 0 Å². The fourth-order valence-electron chi connectivity index (χ4n) is 2.45. The van der Waals surface area contributed by atoms with Crippen molar-refractivity contribution >= 4 is 34.5 Å². The molecule has 0 aromatic heterocycles. The number of hydrogen-bond donors (Lipinski definition) is 1. The Bertz CT molecular complexity index is 525. The molecule has 0 saturated heterocycles. The van der Waals surface area contributed by atoms with Gasteiger partial charge in [0.15, 0.2) is 0 Å². The number of hydrogen-bond acceptors (Lipinski definition) is 3. The van der Waals surface area contributed by atoms with Crippen molar-refractivity contribution in [1.82, 2.24) is 0 Å². The van der Waals surface area contributed by atoms with E-state index in [1.165, 1.54) is 7.11 Å². The minimum Gasteiger partial charge on any atom is -0.481 e. The predicted molar refractivity (Wildman–Crippen MR) is 93.8 cm³/mol. The smallest absolute Gasteiger partial charge is 0.311 e. The molecule has 0 aliphatic rings. The quantitative estimate of drug-likeness (QED) is 0.390. The van der Waals surface area contributed by atoms with E-state index in [2.05, 4.69) is 22.6 Å². The third-order valence-corrected chi connectivity index (χ3v) is 4.50. The molecule has 1 aromatic rings. The van der Waals surface area contributed by atoms with Crippen molar-refractivity contribution in [3.63, 3.8) is 0 Å². The van der Waals surface area contributed by atoms with E-state index in [-0.39, 0.29) is 5.97 Å². The highest BCUT2D eigenvalue weighted by Gasteiger charge is 2.28. The molecule has 0 aliphatic heterocycles. The van der Waals surface area contributed by atoms with Gasteiger partial charge >= 0.3 is 11.9 Å². The van der Waals surface area contributed by atoms with Crippen LogP contribution in [0.4, 0.5) is 0 Å². The first kappa shape index (κ1) is 18.9. The lowest BCUT2D eigenvalue weighted by Gasteiger charge is -2.21. The van der Waals surface area contributed by atoms with Crippen molar-refractivity contribution in [1.29, 1.82) is 0 Å². The second-order valence-electron chi connectivity index (χ2n) is 6.07. The zero-order valence-electron chi connectivity index (χ0n) is 13.3. The molecule has 1 rings (SSSR count). The van der Waals surface area contributed by atoms with Crippen molar-refractivity contribution in [3.05, 3.63) is 33.4 Å². The number of halogens is 1. The number of carboxylic acids is 1. The first-order valence-corrected chi connectivity index (χ1v) is 8.42. The van der Waals surface area contributed by atoms with Gasteiger partial charge in [0.1, 0.15) is 0 Å². The Morgan fingerprint density at radius 3 is 2.55 bits per heavy atom. The van der Waals surface area contributed by atoms with Crippen molar-refractivity contribution in [3.8, 4) is 0 Å². The molecule has 0 spiro atoms. The summed E-state index contributed by atoms with van der Waals surface area (Å²) in [5, 5.41) is 9.43. The molecule has 5 heteroatoms. The zero-order valence-corrected chi connectivity index (χ0v) is 15.4. The van der Waals surface area contributed by atoms with Gasteiger partial charge in [0, 0.05) is 3.57 Å². The summed E-state index contributed by atoms with van der Waals surface area (Å²) in [7, 11) is 1.39. The SMILES string of the molecule is COC(=O)C(C)(C)CCCCC(C(=O)O)c1cccc(I)c1. The summed E-state index contributed by atoms with van der Waals surface area (Å²) in [6.45, 7) is 3.71. The highest BCUT2D eigenvalue weighted by Crippen LogP contribution is 2.28. The van der Waals surface area contributed by atoms with Crippen LogP contribution in [-0.4, -0.2) is 24.2 Å². The van der Waals surface area contributed by atoms with E-state index < -0.39 is 17.3 Å². The lowest BCUT2D eigenvalue weighted by molar-refractivity contribution is -0.151. The molecular weight excluding hydrogens is 395 g/mol. The predicted octanol–water partition coefficient (Wildman–Crippen LogP) is 4.22. The van der Waals surface area contributed by atoms with Gasteiger partial charge in [-0.25, -0.2) is 0 Å². The third kappa shape index (κ3) is 5.59. The van der Waals surface area contributed by atoms with E-state index in [0.29, 0.717) is 12.8 Å². The number of carbonyl (C=O) groups excluding carboxylic acids is 1. The second-order valence-corrected chi connectivity index (χ2v) is 7.31. The maximum absolute atomic E-state index is 11.6. The average molecular weight is 418 g/mol. The van der Waals surface area contributed by atoms with Gasteiger partial charge in [-0.3, -0.25) is 9.59 Å². The molecule has 1 unspecified atom stereocenters. The van der Waals surface area contributed by atoms with Crippen molar-refractivity contribution in [2.45, 2.75) is 45.4 Å². The minimum atomic E-state index is -0.797. The molecule has 0 heterocycles. The highest BCUT2D eigenvalue weighted by atomic mass is 127. The first-order valence-electron chi connectivity index (χ1n) is 7.34. The fraction of sp³-hybridized carbons (Fsp3) is 0.529. The van der Waals surface area contributed by atoms with Crippen LogP contribution in [-0.2, 0) is 14.3 Å². The van der Waals surface area contributed by atoms with Gasteiger partial charge in [-0.15, -0.1) is 0 Å². The highest BCUT2D eigenvalue weighted by molar-refractivity contribution is 14.1. The molecule has 0 fully saturated rings. The molecule has 22 heavy (non-hydrogen) atoms. The molecule has 0 aliphatic carbocycles. The van der Waals surface area contributed by atoms with Crippen LogP contribution in [0.3, 0.4) is 0 Å². The molecule has 1 N–H and O–H groups in total. The Hall–Kier alpha value is -1.11. The number of carbonyl (C=O) groups is 2. The van der Waals surface area contributed by atoms with E-state index in [9.17, 15) is 14.7 Å². The third-order valence-electron chi connectivity index (χ3n) is 3.83. The Morgan fingerprint density at radius 1 is 1.32 bits per heavy atom. The molecule has 0 amide bonds. The van der Waals surface area contributed by atoms with Gasteiger partial charge in [0.2, 0.25) is 0 Å². The largest absolute Gasteiger partial charge is 0.481 e. The summed E-state index contributed by atoms with van der Waals surface area (Å²) in [5.41, 5.74) is 0.321. The molecule has 4 nitrogen and oxygen atoms in total. The van der Waals surface area contributed by atoms with Crippen molar-refractivity contribution < 1.29 is 19.4 Å². The van der Waals surface area contributed by atoms with Crippen LogP contribution in [0.1, 0.15) is 51.0 Å². The number of esters is 1. The van der Waals surface area contributed by atoms with Crippen LogP contribution in [0, 0.1) is 8.99 Å². The molecular formula is C17H23IO4. The standard InChI is InChI=1S/C17H23IO4/c1-17(2,16(21)22-3)10-5-4-9-14(15(19)20)12-7-6-8-13(18)11-12/h6-8,11,14H,4-5,9-10H2,1-3H3,(H,19,20). The van der Waals surface area contributed by atoms with E-state index in [1.807, 2.05) is 38.1 Å². The van der Waals surface area contributed by atoms with Crippen LogP contribution in [0.15, 0.2) is 24.3 Å². The Labute approximate surface area is 145 Å². The van der Waals surface area contributed by atoms with E-state index in [4.69, 9.17) is 4.74 Å². The number of ether oxygens (including phenoxy) is 1. The zero-order chi connectivity index (χ0) is 16.8. The summed E-state index contributed by atoms with van der Waals surface area (Å²) in [6.07, 6.45) is 2.84. The molecule has 0 bridgehead atoms. The van der Waals surface area contributed by atoms with Crippen LogP contribution >= 0.6 is 22.6 Å². The van der Waals surface area contributed by atoms with Crippen LogP contribution in [0.25, 0.3) is 0 Å². The second kappa shape index (κ2) is 8.50. The van der Waals surface area contributed by atoms with Crippen LogP contribution in [0.2, 0.25) is 0 Å². The van der Waals surface area contributed by atoms with Gasteiger partial charge in [-0.05, 0) is 67.0 Å². The normalized spacial score (nSPS) is 12.7. The summed E-state index contributed by atoms with van der Waals surface area (Å²) in [5.74, 6) is -1.51. The maximum Gasteiger partial charge on any atom is 0.311 e. The number of carboxylic acid groups (broad SMARTS) is 1. The first-order chi connectivity index (χ1) is 10.3. The number of aliphatic carboxylic acids is 1. The summed E-state index contributed by atoms with van der Waals surface area (Å²) >= 11 is 2.18. The fourth-order valence-corrected chi connectivity index (χ4v) is 3.02. The van der Waals surface area contributed by atoms with Crippen molar-refractivity contribution in [2.75, 3.05) is 7.11 Å². The van der Waals surface area contributed by atoms with Gasteiger partial charge in [-0.1, -0.05) is 25.0 Å². The molecule has 1 aromatic carbocycles. The van der Waals surface area contributed by atoms with Crippen LogP contribution < -0.4 is 0 Å². The van der Waals surface area contributed by atoms with E-state index in [0.717, 1.165) is 22.0 Å². The average Bonchev–Trinajstić information content (AvgIpc) is 2.45. The summed E-state index contributed by atoms with van der Waals surface area (Å²) < 4.78 is 5.82. The monoisotopic (exact) mass is 418 g/mol. The van der Waals surface area contributed by atoms with Crippen molar-refractivity contribution in [2.24, 2.45) is 5.41 Å². The Morgan fingerprint density at radius 2 is 2.00 bits per heavy atom. The van der Waals surface area contributed by atoms with Gasteiger partial charge in [0.25, 0.3) is 0 Å². The van der Waals surface area contributed by atoms with Gasteiger partial charge in [0.05, 0.1) is 18.4 Å². The minimum absolute atomic E-state index is 0.222. The van der Waals surface area contributed by atoms with Gasteiger partial charge < -0.3 is 9.84 Å². The molecule has 0 saturated carbocycles. The molecule has 1 atom stereocenters. The summed E-state index contributed by atoms with van der Waals surface area (Å²) in [4.78, 5) is 23.1. The number of unbranched alkanes of at least 4 members (excludes halogenated alkanes) is 1. The number of benzene rings is 1. The topological polar surface area (TPSA) is 63.6 Å². The van der Waals surface area contributed by atoms with E-state index >= 15 is 0 Å². The lowest BCUT2D eigenvalue weighted by Crippen LogP contribution is -2.25. The number of methoxy groups -OCH3 is 1. The van der Waals surface area contributed by atoms with E-state index in [1.54, 1.807) is 0 Å².